The third-order valence-electron chi connectivity index (χ3n) is 2.44. The molecule has 1 heterocycles. The van der Waals surface area contributed by atoms with Crippen LogP contribution in [0.4, 0.5) is 0 Å². The lowest BCUT2D eigenvalue weighted by molar-refractivity contribution is 0.318. The van der Waals surface area contributed by atoms with Gasteiger partial charge in [0.1, 0.15) is 0 Å². The van der Waals surface area contributed by atoms with Crippen molar-refractivity contribution < 1.29 is 0 Å². The zero-order valence-corrected chi connectivity index (χ0v) is 7.71. The summed E-state index contributed by atoms with van der Waals surface area (Å²) in [5.74, 6) is 0. The standard InChI is InChI=1S/C10H16N2/c1-3-9(2)8-12-6-4-5-10(12)7-11/h10H,2-6,8H2,1H3. The van der Waals surface area contributed by atoms with Crippen LogP contribution in [0, 0.1) is 11.3 Å². The third kappa shape index (κ3) is 2.09. The minimum absolute atomic E-state index is 0.147. The smallest absolute Gasteiger partial charge is 0.0981 e. The van der Waals surface area contributed by atoms with Crippen molar-refractivity contribution >= 4 is 0 Å². The molecule has 1 aliphatic rings. The molecular weight excluding hydrogens is 148 g/mol. The molecule has 0 aromatic heterocycles. The Morgan fingerprint density at radius 1 is 1.75 bits per heavy atom. The molecule has 1 atom stereocenters. The van der Waals surface area contributed by atoms with Crippen molar-refractivity contribution in [2.24, 2.45) is 0 Å². The lowest BCUT2D eigenvalue weighted by Gasteiger charge is -2.19. The van der Waals surface area contributed by atoms with E-state index in [9.17, 15) is 0 Å². The van der Waals surface area contributed by atoms with Gasteiger partial charge in [0, 0.05) is 6.54 Å². The molecule has 0 spiro atoms. The van der Waals surface area contributed by atoms with Crippen LogP contribution in [0.3, 0.4) is 0 Å². The van der Waals surface area contributed by atoms with Gasteiger partial charge in [0.05, 0.1) is 12.1 Å². The van der Waals surface area contributed by atoms with E-state index in [2.05, 4.69) is 24.5 Å². The van der Waals surface area contributed by atoms with Gasteiger partial charge in [-0.3, -0.25) is 4.90 Å². The molecule has 0 radical (unpaired) electrons. The van der Waals surface area contributed by atoms with E-state index in [1.807, 2.05) is 0 Å². The number of likely N-dealkylation sites (tertiary alicyclic amines) is 1. The van der Waals surface area contributed by atoms with E-state index < -0.39 is 0 Å². The van der Waals surface area contributed by atoms with E-state index in [1.54, 1.807) is 0 Å². The second kappa shape index (κ2) is 4.27. The Labute approximate surface area is 74.5 Å². The van der Waals surface area contributed by atoms with Gasteiger partial charge in [-0.2, -0.15) is 5.26 Å². The van der Waals surface area contributed by atoms with Gasteiger partial charge in [-0.15, -0.1) is 0 Å². The van der Waals surface area contributed by atoms with E-state index in [0.29, 0.717) is 0 Å². The van der Waals surface area contributed by atoms with E-state index in [4.69, 9.17) is 5.26 Å². The summed E-state index contributed by atoms with van der Waals surface area (Å²) in [6.45, 7) is 8.04. The Morgan fingerprint density at radius 2 is 2.50 bits per heavy atom. The van der Waals surface area contributed by atoms with Crippen LogP contribution in [0.5, 0.6) is 0 Å². The summed E-state index contributed by atoms with van der Waals surface area (Å²) >= 11 is 0. The number of rotatable bonds is 3. The molecule has 0 N–H and O–H groups in total. The molecule has 1 saturated heterocycles. The van der Waals surface area contributed by atoms with Gasteiger partial charge >= 0.3 is 0 Å². The molecule has 12 heavy (non-hydrogen) atoms. The average molecular weight is 164 g/mol. The fraction of sp³-hybridized carbons (Fsp3) is 0.700. The maximum absolute atomic E-state index is 8.80. The summed E-state index contributed by atoms with van der Waals surface area (Å²) in [5, 5.41) is 8.80. The number of nitriles is 1. The fourth-order valence-corrected chi connectivity index (χ4v) is 1.56. The Bertz CT molecular complexity index is 202. The van der Waals surface area contributed by atoms with Crippen LogP contribution >= 0.6 is 0 Å². The van der Waals surface area contributed by atoms with Gasteiger partial charge in [-0.05, 0) is 25.8 Å². The van der Waals surface area contributed by atoms with Crippen LogP contribution in [-0.2, 0) is 0 Å². The predicted octanol–water partition coefficient (Wildman–Crippen LogP) is 1.94. The molecule has 0 bridgehead atoms. The Hall–Kier alpha value is -0.810. The average Bonchev–Trinajstić information content (AvgIpc) is 2.51. The normalized spacial score (nSPS) is 23.8. The molecule has 2 nitrogen and oxygen atoms in total. The molecule has 0 aromatic carbocycles. The Balaban J connectivity index is 2.42. The minimum Gasteiger partial charge on any atom is -0.284 e. The largest absolute Gasteiger partial charge is 0.284 e. The fourth-order valence-electron chi connectivity index (χ4n) is 1.56. The highest BCUT2D eigenvalue weighted by Crippen LogP contribution is 2.17. The first kappa shape index (κ1) is 9.28. The van der Waals surface area contributed by atoms with Crippen LogP contribution in [0.1, 0.15) is 26.2 Å². The van der Waals surface area contributed by atoms with Crippen LogP contribution < -0.4 is 0 Å². The van der Waals surface area contributed by atoms with Gasteiger partial charge in [0.25, 0.3) is 0 Å². The second-order valence-corrected chi connectivity index (χ2v) is 3.36. The third-order valence-corrected chi connectivity index (χ3v) is 2.44. The first-order valence-electron chi connectivity index (χ1n) is 4.58. The minimum atomic E-state index is 0.147. The van der Waals surface area contributed by atoms with E-state index in [-0.39, 0.29) is 6.04 Å². The maximum Gasteiger partial charge on any atom is 0.0981 e. The van der Waals surface area contributed by atoms with Gasteiger partial charge in [0.2, 0.25) is 0 Å². The van der Waals surface area contributed by atoms with Crippen LogP contribution in [0.25, 0.3) is 0 Å². The Morgan fingerprint density at radius 3 is 3.08 bits per heavy atom. The SMILES string of the molecule is C=C(CC)CN1CCCC1C#N. The van der Waals surface area contributed by atoms with Crippen LogP contribution in [0.2, 0.25) is 0 Å². The second-order valence-electron chi connectivity index (χ2n) is 3.36. The maximum atomic E-state index is 8.80. The zero-order chi connectivity index (χ0) is 8.97. The lowest BCUT2D eigenvalue weighted by atomic mass is 10.2. The molecule has 1 aliphatic heterocycles. The van der Waals surface area contributed by atoms with E-state index in [1.165, 1.54) is 5.57 Å². The molecule has 2 heteroatoms. The molecule has 66 valence electrons. The summed E-state index contributed by atoms with van der Waals surface area (Å²) in [7, 11) is 0. The summed E-state index contributed by atoms with van der Waals surface area (Å²) in [6, 6.07) is 2.47. The van der Waals surface area contributed by atoms with Crippen molar-refractivity contribution in [1.82, 2.24) is 4.90 Å². The highest BCUT2D eigenvalue weighted by molar-refractivity contribution is 5.03. The van der Waals surface area contributed by atoms with Crippen molar-refractivity contribution in [3.63, 3.8) is 0 Å². The topological polar surface area (TPSA) is 27.0 Å². The Kier molecular flexibility index (Phi) is 3.31. The zero-order valence-electron chi connectivity index (χ0n) is 7.71. The van der Waals surface area contributed by atoms with Crippen LogP contribution in [0.15, 0.2) is 12.2 Å². The van der Waals surface area contributed by atoms with Crippen molar-refractivity contribution in [3.8, 4) is 6.07 Å². The molecule has 0 aliphatic carbocycles. The molecular formula is C10H16N2. The van der Waals surface area contributed by atoms with Crippen molar-refractivity contribution in [3.05, 3.63) is 12.2 Å². The summed E-state index contributed by atoms with van der Waals surface area (Å²) in [5.41, 5.74) is 1.23. The van der Waals surface area contributed by atoms with Crippen molar-refractivity contribution in [2.75, 3.05) is 13.1 Å². The van der Waals surface area contributed by atoms with Gasteiger partial charge in [-0.25, -0.2) is 0 Å². The van der Waals surface area contributed by atoms with Gasteiger partial charge < -0.3 is 0 Å². The monoisotopic (exact) mass is 164 g/mol. The highest BCUT2D eigenvalue weighted by atomic mass is 15.2. The van der Waals surface area contributed by atoms with E-state index in [0.717, 1.165) is 32.4 Å². The van der Waals surface area contributed by atoms with Crippen molar-refractivity contribution in [1.29, 1.82) is 5.26 Å². The lowest BCUT2D eigenvalue weighted by Crippen LogP contribution is -2.29. The number of hydrogen-bond donors (Lipinski definition) is 0. The van der Waals surface area contributed by atoms with Gasteiger partial charge in [0.15, 0.2) is 0 Å². The number of nitrogens with zero attached hydrogens (tertiary/aromatic N) is 2. The van der Waals surface area contributed by atoms with Crippen LogP contribution in [-0.4, -0.2) is 24.0 Å². The van der Waals surface area contributed by atoms with Crippen molar-refractivity contribution in [2.45, 2.75) is 32.2 Å². The first-order valence-corrected chi connectivity index (χ1v) is 4.58. The van der Waals surface area contributed by atoms with E-state index >= 15 is 0 Å². The summed E-state index contributed by atoms with van der Waals surface area (Å²) < 4.78 is 0. The molecule has 1 fully saturated rings. The number of hydrogen-bond acceptors (Lipinski definition) is 2. The highest BCUT2D eigenvalue weighted by Gasteiger charge is 2.23. The molecule has 0 amide bonds. The first-order chi connectivity index (χ1) is 5.77. The molecule has 0 saturated carbocycles. The van der Waals surface area contributed by atoms with Gasteiger partial charge in [-0.1, -0.05) is 19.1 Å². The quantitative estimate of drug-likeness (QED) is 0.596. The predicted molar refractivity (Wildman–Crippen MR) is 49.6 cm³/mol. The molecule has 0 aromatic rings. The molecule has 1 rings (SSSR count). The summed E-state index contributed by atoms with van der Waals surface area (Å²) in [6.07, 6.45) is 3.22. The summed E-state index contributed by atoms with van der Waals surface area (Å²) in [4.78, 5) is 2.23. The molecule has 1 unspecified atom stereocenters.